The number of hydrogen-bond acceptors (Lipinski definition) is 2. The molecule has 1 saturated carbocycles. The lowest BCUT2D eigenvalue weighted by atomic mass is 9.76. The summed E-state index contributed by atoms with van der Waals surface area (Å²) >= 11 is 3.51. The van der Waals surface area contributed by atoms with Crippen molar-refractivity contribution in [2.75, 3.05) is 0 Å². The summed E-state index contributed by atoms with van der Waals surface area (Å²) in [6, 6.07) is 6.12. The van der Waals surface area contributed by atoms with Crippen molar-refractivity contribution in [1.82, 2.24) is 0 Å². The summed E-state index contributed by atoms with van der Waals surface area (Å²) in [5.74, 6) is 0.939. The monoisotopic (exact) mass is 325 g/mol. The Labute approximate surface area is 124 Å². The fraction of sp³-hybridized carbons (Fsp3) is 0.625. The van der Waals surface area contributed by atoms with Gasteiger partial charge in [0.2, 0.25) is 0 Å². The van der Waals surface area contributed by atoms with Gasteiger partial charge in [-0.25, -0.2) is 0 Å². The Balaban J connectivity index is 2.09. The highest BCUT2D eigenvalue weighted by Crippen LogP contribution is 2.38. The molecule has 0 heterocycles. The normalized spacial score (nSPS) is 21.1. The van der Waals surface area contributed by atoms with Gasteiger partial charge in [-0.05, 0) is 50.2 Å². The van der Waals surface area contributed by atoms with Gasteiger partial charge in [-0.3, -0.25) is 0 Å². The summed E-state index contributed by atoms with van der Waals surface area (Å²) in [5, 5.41) is 0. The predicted molar refractivity (Wildman–Crippen MR) is 83.4 cm³/mol. The van der Waals surface area contributed by atoms with E-state index >= 15 is 0 Å². The number of halogens is 1. The first kappa shape index (κ1) is 14.9. The zero-order chi connectivity index (χ0) is 14.0. The van der Waals surface area contributed by atoms with Crippen molar-refractivity contribution in [1.29, 1.82) is 0 Å². The Morgan fingerprint density at radius 3 is 2.53 bits per heavy atom. The molecule has 2 nitrogen and oxygen atoms in total. The van der Waals surface area contributed by atoms with Gasteiger partial charge in [0.15, 0.2) is 0 Å². The van der Waals surface area contributed by atoms with Crippen LogP contribution in [0.15, 0.2) is 22.7 Å². The van der Waals surface area contributed by atoms with Crippen LogP contribution in [0.25, 0.3) is 0 Å². The second-order valence-electron chi connectivity index (χ2n) is 6.45. The maximum absolute atomic E-state index is 6.21. The van der Waals surface area contributed by atoms with Gasteiger partial charge in [-0.2, -0.15) is 0 Å². The van der Waals surface area contributed by atoms with Gasteiger partial charge in [0.1, 0.15) is 5.75 Å². The molecule has 0 saturated heterocycles. The Bertz CT molecular complexity index is 432. The molecule has 1 aromatic rings. The lowest BCUT2D eigenvalue weighted by molar-refractivity contribution is 0.0976. The van der Waals surface area contributed by atoms with E-state index in [4.69, 9.17) is 10.5 Å². The molecular formula is C16H24BrNO. The van der Waals surface area contributed by atoms with Crippen LogP contribution >= 0.6 is 15.9 Å². The molecule has 1 aromatic carbocycles. The molecule has 1 unspecified atom stereocenters. The van der Waals surface area contributed by atoms with Gasteiger partial charge in [0.25, 0.3) is 0 Å². The third-order valence-corrected chi connectivity index (χ3v) is 4.54. The summed E-state index contributed by atoms with van der Waals surface area (Å²) < 4.78 is 7.26. The third kappa shape index (κ3) is 3.96. The van der Waals surface area contributed by atoms with E-state index in [1.165, 1.54) is 12.8 Å². The second-order valence-corrected chi connectivity index (χ2v) is 7.37. The molecule has 106 valence electrons. The van der Waals surface area contributed by atoms with E-state index in [0.717, 1.165) is 28.6 Å². The first-order valence-electron chi connectivity index (χ1n) is 7.09. The average Bonchev–Trinajstić information content (AvgIpc) is 2.31. The molecular weight excluding hydrogens is 302 g/mol. The van der Waals surface area contributed by atoms with Crippen LogP contribution < -0.4 is 10.5 Å². The minimum Gasteiger partial charge on any atom is -0.490 e. The molecule has 0 aliphatic heterocycles. The van der Waals surface area contributed by atoms with Crippen LogP contribution in [0.3, 0.4) is 0 Å². The van der Waals surface area contributed by atoms with E-state index in [9.17, 15) is 0 Å². The predicted octanol–water partition coefficient (Wildman–Crippen LogP) is 4.82. The summed E-state index contributed by atoms with van der Waals surface area (Å²) in [4.78, 5) is 0. The molecule has 0 aromatic heterocycles. The smallest absolute Gasteiger partial charge is 0.125 e. The van der Waals surface area contributed by atoms with Gasteiger partial charge in [0.05, 0.1) is 6.10 Å². The van der Waals surface area contributed by atoms with Crippen molar-refractivity contribution < 1.29 is 4.74 Å². The molecule has 1 atom stereocenters. The van der Waals surface area contributed by atoms with Crippen LogP contribution in [0, 0.1) is 5.41 Å². The molecule has 19 heavy (non-hydrogen) atoms. The molecule has 0 spiro atoms. The summed E-state index contributed by atoms with van der Waals surface area (Å²) in [6.07, 6.45) is 5.08. The van der Waals surface area contributed by atoms with Crippen molar-refractivity contribution >= 4 is 15.9 Å². The van der Waals surface area contributed by atoms with Crippen LogP contribution in [0.5, 0.6) is 5.75 Å². The highest BCUT2D eigenvalue weighted by molar-refractivity contribution is 9.10. The largest absolute Gasteiger partial charge is 0.490 e. The van der Waals surface area contributed by atoms with Gasteiger partial charge >= 0.3 is 0 Å². The van der Waals surface area contributed by atoms with Crippen LogP contribution in [-0.2, 0) is 0 Å². The second kappa shape index (κ2) is 5.84. The van der Waals surface area contributed by atoms with Crippen molar-refractivity contribution in [3.05, 3.63) is 28.2 Å². The number of ether oxygens (including phenoxy) is 1. The topological polar surface area (TPSA) is 35.2 Å². The summed E-state index contributed by atoms with van der Waals surface area (Å²) in [5.41, 5.74) is 7.58. The molecule has 1 aliphatic rings. The van der Waals surface area contributed by atoms with Crippen LogP contribution in [0.1, 0.15) is 58.1 Å². The van der Waals surface area contributed by atoms with E-state index in [0.29, 0.717) is 11.5 Å². The first-order chi connectivity index (χ1) is 8.87. The minimum absolute atomic E-state index is 0.00290. The van der Waals surface area contributed by atoms with E-state index in [1.807, 2.05) is 19.1 Å². The van der Waals surface area contributed by atoms with E-state index < -0.39 is 0 Å². The number of benzene rings is 1. The maximum atomic E-state index is 6.21. The lowest BCUT2D eigenvalue weighted by Crippen LogP contribution is -2.28. The number of hydrogen-bond donors (Lipinski definition) is 1. The standard InChI is InChI=1S/C16H24BrNO/c1-11(18)14-5-4-12(17)10-15(14)19-13-6-8-16(2,3)9-7-13/h4-5,10-11,13H,6-9,18H2,1-3H3. The molecule has 1 aliphatic carbocycles. The van der Waals surface area contributed by atoms with Gasteiger partial charge in [-0.1, -0.05) is 35.8 Å². The fourth-order valence-corrected chi connectivity index (χ4v) is 3.00. The Hall–Kier alpha value is -0.540. The van der Waals surface area contributed by atoms with E-state index in [2.05, 4.69) is 35.8 Å². The zero-order valence-electron chi connectivity index (χ0n) is 12.1. The van der Waals surface area contributed by atoms with E-state index in [-0.39, 0.29) is 6.04 Å². The van der Waals surface area contributed by atoms with Crippen molar-refractivity contribution in [3.63, 3.8) is 0 Å². The fourth-order valence-electron chi connectivity index (χ4n) is 2.66. The molecule has 2 N–H and O–H groups in total. The van der Waals surface area contributed by atoms with Crippen LogP contribution in [0.2, 0.25) is 0 Å². The van der Waals surface area contributed by atoms with Gasteiger partial charge < -0.3 is 10.5 Å². The Morgan fingerprint density at radius 2 is 1.95 bits per heavy atom. The van der Waals surface area contributed by atoms with E-state index in [1.54, 1.807) is 0 Å². The van der Waals surface area contributed by atoms with Gasteiger partial charge in [0, 0.05) is 16.1 Å². The quantitative estimate of drug-likeness (QED) is 0.864. The summed E-state index contributed by atoms with van der Waals surface area (Å²) in [6.45, 7) is 6.69. The highest BCUT2D eigenvalue weighted by Gasteiger charge is 2.28. The van der Waals surface area contributed by atoms with Crippen molar-refractivity contribution in [2.45, 2.75) is 58.6 Å². The lowest BCUT2D eigenvalue weighted by Gasteiger charge is -2.34. The maximum Gasteiger partial charge on any atom is 0.125 e. The third-order valence-electron chi connectivity index (χ3n) is 4.05. The Kier molecular flexibility index (Phi) is 4.57. The zero-order valence-corrected chi connectivity index (χ0v) is 13.7. The van der Waals surface area contributed by atoms with Crippen molar-refractivity contribution in [2.24, 2.45) is 11.1 Å². The van der Waals surface area contributed by atoms with Crippen LogP contribution in [0.4, 0.5) is 0 Å². The number of rotatable bonds is 3. The van der Waals surface area contributed by atoms with Crippen molar-refractivity contribution in [3.8, 4) is 5.75 Å². The molecule has 0 amide bonds. The molecule has 3 heteroatoms. The molecule has 1 fully saturated rings. The summed E-state index contributed by atoms with van der Waals surface area (Å²) in [7, 11) is 0. The van der Waals surface area contributed by atoms with Gasteiger partial charge in [-0.15, -0.1) is 0 Å². The average molecular weight is 326 g/mol. The number of nitrogens with two attached hydrogens (primary N) is 1. The molecule has 2 rings (SSSR count). The molecule has 0 radical (unpaired) electrons. The first-order valence-corrected chi connectivity index (χ1v) is 7.88. The Morgan fingerprint density at radius 1 is 1.32 bits per heavy atom. The van der Waals surface area contributed by atoms with Crippen LogP contribution in [-0.4, -0.2) is 6.10 Å². The molecule has 0 bridgehead atoms. The highest BCUT2D eigenvalue weighted by atomic mass is 79.9. The SMILES string of the molecule is CC(N)c1ccc(Br)cc1OC1CCC(C)(C)CC1. The minimum atomic E-state index is 0.00290.